The first kappa shape index (κ1) is 12.7. The maximum atomic E-state index is 5.79. The van der Waals surface area contributed by atoms with Crippen LogP contribution in [0, 0.1) is 11.8 Å². The van der Waals surface area contributed by atoms with E-state index in [0.717, 1.165) is 24.2 Å². The Bertz CT molecular complexity index is 329. The van der Waals surface area contributed by atoms with Gasteiger partial charge in [0.05, 0.1) is 5.02 Å². The van der Waals surface area contributed by atoms with Crippen molar-refractivity contribution in [3.63, 3.8) is 0 Å². The van der Waals surface area contributed by atoms with E-state index in [-0.39, 0.29) is 0 Å². The minimum atomic E-state index is 0.691. The van der Waals surface area contributed by atoms with Crippen LogP contribution in [-0.2, 0) is 0 Å². The molecule has 0 radical (unpaired) electrons. The molecule has 0 atom stereocenters. The number of pyridine rings is 1. The normalized spacial score (nSPS) is 24.6. The van der Waals surface area contributed by atoms with Crippen molar-refractivity contribution in [2.75, 3.05) is 11.9 Å². The molecule has 1 aliphatic carbocycles. The van der Waals surface area contributed by atoms with E-state index < -0.39 is 0 Å². The first-order chi connectivity index (χ1) is 8.24. The van der Waals surface area contributed by atoms with Crippen LogP contribution >= 0.6 is 11.6 Å². The maximum absolute atomic E-state index is 5.79. The monoisotopic (exact) mass is 252 g/mol. The molecule has 0 aliphatic heterocycles. The third-order valence-corrected chi connectivity index (χ3v) is 3.95. The lowest BCUT2D eigenvalue weighted by molar-refractivity contribution is 0.282. The number of nitrogens with one attached hydrogen (secondary N) is 1. The molecule has 2 rings (SSSR count). The van der Waals surface area contributed by atoms with Crippen LogP contribution in [0.15, 0.2) is 18.3 Å². The Balaban J connectivity index is 1.67. The highest BCUT2D eigenvalue weighted by Crippen LogP contribution is 2.30. The van der Waals surface area contributed by atoms with Crippen LogP contribution in [0.3, 0.4) is 0 Å². The minimum absolute atomic E-state index is 0.691. The van der Waals surface area contributed by atoms with Crippen molar-refractivity contribution in [3.8, 4) is 0 Å². The molecular weight excluding hydrogens is 232 g/mol. The Hall–Kier alpha value is -0.760. The van der Waals surface area contributed by atoms with E-state index in [0.29, 0.717) is 5.02 Å². The van der Waals surface area contributed by atoms with Crippen LogP contribution < -0.4 is 5.32 Å². The van der Waals surface area contributed by atoms with Crippen LogP contribution in [-0.4, -0.2) is 11.5 Å². The van der Waals surface area contributed by atoms with Crippen LogP contribution in [0.4, 0.5) is 5.82 Å². The van der Waals surface area contributed by atoms with E-state index >= 15 is 0 Å². The molecule has 1 aromatic heterocycles. The van der Waals surface area contributed by atoms with Gasteiger partial charge >= 0.3 is 0 Å². The molecule has 94 valence electrons. The number of aromatic nitrogens is 1. The Labute approximate surface area is 109 Å². The lowest BCUT2D eigenvalue weighted by Gasteiger charge is -2.26. The van der Waals surface area contributed by atoms with Crippen molar-refractivity contribution in [2.45, 2.75) is 39.0 Å². The number of anilines is 1. The van der Waals surface area contributed by atoms with Crippen LogP contribution in [0.2, 0.25) is 5.02 Å². The molecule has 1 fully saturated rings. The number of hydrogen-bond acceptors (Lipinski definition) is 2. The molecular formula is C14H21ClN2. The fraction of sp³-hybridized carbons (Fsp3) is 0.643. The van der Waals surface area contributed by atoms with Gasteiger partial charge in [-0.3, -0.25) is 0 Å². The molecule has 2 nitrogen and oxygen atoms in total. The summed E-state index contributed by atoms with van der Waals surface area (Å²) >= 11 is 5.79. The third-order valence-electron chi connectivity index (χ3n) is 3.72. The first-order valence-corrected chi connectivity index (χ1v) is 6.97. The maximum Gasteiger partial charge on any atom is 0.125 e. The van der Waals surface area contributed by atoms with Crippen LogP contribution in [0.1, 0.15) is 39.0 Å². The van der Waals surface area contributed by atoms with Gasteiger partial charge in [0.25, 0.3) is 0 Å². The lowest BCUT2D eigenvalue weighted by Crippen LogP contribution is -2.16. The average molecular weight is 253 g/mol. The summed E-state index contributed by atoms with van der Waals surface area (Å²) in [5.74, 6) is 2.78. The Morgan fingerprint density at radius 3 is 2.71 bits per heavy atom. The van der Waals surface area contributed by atoms with Gasteiger partial charge in [-0.25, -0.2) is 4.98 Å². The largest absolute Gasteiger partial charge is 0.370 e. The van der Waals surface area contributed by atoms with E-state index in [9.17, 15) is 0 Å². The van der Waals surface area contributed by atoms with Gasteiger partial charge in [-0.15, -0.1) is 0 Å². The fourth-order valence-corrected chi connectivity index (χ4v) is 2.61. The van der Waals surface area contributed by atoms with E-state index in [4.69, 9.17) is 11.6 Å². The van der Waals surface area contributed by atoms with Gasteiger partial charge in [0.15, 0.2) is 0 Å². The van der Waals surface area contributed by atoms with Gasteiger partial charge in [0, 0.05) is 12.7 Å². The second-order valence-corrected chi connectivity index (χ2v) is 5.64. The van der Waals surface area contributed by atoms with E-state index in [1.165, 1.54) is 32.1 Å². The molecule has 0 amide bonds. The van der Waals surface area contributed by atoms with Crippen molar-refractivity contribution in [3.05, 3.63) is 23.4 Å². The topological polar surface area (TPSA) is 24.9 Å². The predicted octanol–water partition coefficient (Wildman–Crippen LogP) is 4.36. The summed E-state index contributed by atoms with van der Waals surface area (Å²) in [4.78, 5) is 4.23. The van der Waals surface area contributed by atoms with Crippen LogP contribution in [0.5, 0.6) is 0 Å². The van der Waals surface area contributed by atoms with Crippen LogP contribution in [0.25, 0.3) is 0 Å². The van der Waals surface area contributed by atoms with Crippen molar-refractivity contribution < 1.29 is 0 Å². The van der Waals surface area contributed by atoms with Gasteiger partial charge in [-0.2, -0.15) is 0 Å². The summed E-state index contributed by atoms with van der Waals surface area (Å²) in [6.07, 6.45) is 8.56. The van der Waals surface area contributed by atoms with E-state index in [1.807, 2.05) is 12.1 Å². The van der Waals surface area contributed by atoms with Gasteiger partial charge in [0.1, 0.15) is 5.82 Å². The summed E-state index contributed by atoms with van der Waals surface area (Å²) in [6, 6.07) is 3.81. The number of hydrogen-bond donors (Lipinski definition) is 1. The average Bonchev–Trinajstić information content (AvgIpc) is 2.34. The Morgan fingerprint density at radius 2 is 2.06 bits per heavy atom. The zero-order valence-corrected chi connectivity index (χ0v) is 11.2. The summed E-state index contributed by atoms with van der Waals surface area (Å²) < 4.78 is 0. The highest BCUT2D eigenvalue weighted by Gasteiger charge is 2.17. The summed E-state index contributed by atoms with van der Waals surface area (Å²) in [5, 5.41) is 4.05. The molecule has 1 aromatic rings. The van der Waals surface area contributed by atoms with Gasteiger partial charge in [-0.1, -0.05) is 44.2 Å². The molecule has 17 heavy (non-hydrogen) atoms. The molecule has 3 heteroatoms. The molecule has 0 aromatic carbocycles. The van der Waals surface area contributed by atoms with E-state index in [2.05, 4.69) is 17.2 Å². The highest BCUT2D eigenvalue weighted by atomic mass is 35.5. The SMILES string of the molecule is CC1CCC(CCNc2ccc(Cl)cn2)CC1. The van der Waals surface area contributed by atoms with Crippen molar-refractivity contribution in [1.82, 2.24) is 4.98 Å². The molecule has 0 saturated heterocycles. The Morgan fingerprint density at radius 1 is 1.29 bits per heavy atom. The molecule has 0 unspecified atom stereocenters. The number of nitrogens with zero attached hydrogens (tertiary/aromatic N) is 1. The first-order valence-electron chi connectivity index (χ1n) is 6.59. The Kier molecular flexibility index (Phi) is 4.66. The van der Waals surface area contributed by atoms with Crippen molar-refractivity contribution >= 4 is 17.4 Å². The standard InChI is InChI=1S/C14H21ClN2/c1-11-2-4-12(5-3-11)8-9-16-14-7-6-13(15)10-17-14/h6-7,10-12H,2-5,8-9H2,1H3,(H,16,17). The van der Waals surface area contributed by atoms with Gasteiger partial charge in [-0.05, 0) is 30.4 Å². The molecule has 0 bridgehead atoms. The predicted molar refractivity (Wildman–Crippen MR) is 73.5 cm³/mol. The minimum Gasteiger partial charge on any atom is -0.370 e. The summed E-state index contributed by atoms with van der Waals surface area (Å²) in [6.45, 7) is 3.39. The summed E-state index contributed by atoms with van der Waals surface area (Å²) in [5.41, 5.74) is 0. The second-order valence-electron chi connectivity index (χ2n) is 5.20. The third kappa shape index (κ3) is 4.19. The quantitative estimate of drug-likeness (QED) is 0.861. The molecule has 0 spiro atoms. The molecule has 1 aliphatic rings. The fourth-order valence-electron chi connectivity index (χ4n) is 2.50. The van der Waals surface area contributed by atoms with Crippen molar-refractivity contribution in [1.29, 1.82) is 0 Å². The number of rotatable bonds is 4. The lowest BCUT2D eigenvalue weighted by atomic mass is 9.81. The smallest absolute Gasteiger partial charge is 0.125 e. The van der Waals surface area contributed by atoms with Gasteiger partial charge in [0.2, 0.25) is 0 Å². The number of halogens is 1. The molecule has 1 saturated carbocycles. The zero-order chi connectivity index (χ0) is 12.1. The van der Waals surface area contributed by atoms with Crippen molar-refractivity contribution in [2.24, 2.45) is 11.8 Å². The highest BCUT2D eigenvalue weighted by molar-refractivity contribution is 6.30. The molecule has 1 N–H and O–H groups in total. The molecule has 1 heterocycles. The van der Waals surface area contributed by atoms with Gasteiger partial charge < -0.3 is 5.32 Å². The van der Waals surface area contributed by atoms with E-state index in [1.54, 1.807) is 6.20 Å². The second kappa shape index (κ2) is 6.25. The zero-order valence-electron chi connectivity index (χ0n) is 10.5. The summed E-state index contributed by atoms with van der Waals surface area (Å²) in [7, 11) is 0.